The summed E-state index contributed by atoms with van der Waals surface area (Å²) < 4.78 is 13.2. The van der Waals surface area contributed by atoms with Crippen molar-refractivity contribution >= 4 is 39.7 Å². The van der Waals surface area contributed by atoms with Crippen molar-refractivity contribution in [2.24, 2.45) is 10.8 Å². The van der Waals surface area contributed by atoms with E-state index in [2.05, 4.69) is 20.3 Å². The molecule has 29 heavy (non-hydrogen) atoms. The van der Waals surface area contributed by atoms with E-state index < -0.39 is 23.7 Å². The molecule has 4 rings (SSSR count). The highest BCUT2D eigenvalue weighted by molar-refractivity contribution is 7.14. The Balaban J connectivity index is 1.45. The van der Waals surface area contributed by atoms with Crippen molar-refractivity contribution in [1.29, 1.82) is 0 Å². The fourth-order valence-corrected chi connectivity index (χ4v) is 4.17. The topological polar surface area (TPSA) is 104 Å². The Labute approximate surface area is 171 Å². The minimum atomic E-state index is -0.803. The van der Waals surface area contributed by atoms with Gasteiger partial charge in [0, 0.05) is 18.3 Å². The summed E-state index contributed by atoms with van der Waals surface area (Å²) >= 11 is 1.35. The number of amides is 2. The van der Waals surface area contributed by atoms with Crippen LogP contribution in [0.4, 0.5) is 15.2 Å². The Hall–Kier alpha value is -2.85. The van der Waals surface area contributed by atoms with Gasteiger partial charge in [0.15, 0.2) is 5.13 Å². The number of carbonyl (C=O) groups excluding carboxylic acids is 2. The number of thiazole rings is 1. The van der Waals surface area contributed by atoms with Gasteiger partial charge in [-0.25, -0.2) is 9.37 Å². The van der Waals surface area contributed by atoms with Gasteiger partial charge < -0.3 is 5.73 Å². The average molecular weight is 416 g/mol. The molecular weight excluding hydrogens is 395 g/mol. The third-order valence-corrected chi connectivity index (χ3v) is 5.76. The van der Waals surface area contributed by atoms with Crippen molar-refractivity contribution in [3.05, 3.63) is 41.2 Å². The van der Waals surface area contributed by atoms with Crippen molar-refractivity contribution in [2.75, 3.05) is 23.4 Å². The molecule has 0 aliphatic carbocycles. The van der Waals surface area contributed by atoms with Gasteiger partial charge in [-0.2, -0.15) is 5.10 Å². The van der Waals surface area contributed by atoms with Crippen LogP contribution in [0.2, 0.25) is 0 Å². The number of rotatable bonds is 6. The summed E-state index contributed by atoms with van der Waals surface area (Å²) in [6, 6.07) is 4.70. The number of carbonyl (C=O) groups is 2. The second-order valence-corrected chi connectivity index (χ2v) is 7.93. The molecule has 1 atom stereocenters. The highest BCUT2D eigenvalue weighted by atomic mass is 32.1. The Morgan fingerprint density at radius 2 is 1.97 bits per heavy atom. The highest BCUT2D eigenvalue weighted by Gasteiger charge is 2.35. The van der Waals surface area contributed by atoms with Crippen LogP contribution in [0.25, 0.3) is 0 Å². The second-order valence-electron chi connectivity index (χ2n) is 7.07. The zero-order valence-corrected chi connectivity index (χ0v) is 16.5. The van der Waals surface area contributed by atoms with Crippen molar-refractivity contribution in [1.82, 2.24) is 9.88 Å². The number of nitrogens with one attached hydrogen (secondary N) is 1. The van der Waals surface area contributed by atoms with Crippen LogP contribution in [-0.4, -0.2) is 46.5 Å². The number of nitrogens with two attached hydrogens (primary N) is 1. The van der Waals surface area contributed by atoms with E-state index in [0.29, 0.717) is 10.8 Å². The van der Waals surface area contributed by atoms with Gasteiger partial charge in [-0.1, -0.05) is 0 Å². The zero-order chi connectivity index (χ0) is 20.4. The average Bonchev–Trinajstić information content (AvgIpc) is 3.43. The molecule has 3 N–H and O–H groups in total. The smallest absolute Gasteiger partial charge is 0.273 e. The van der Waals surface area contributed by atoms with Gasteiger partial charge in [-0.3, -0.25) is 24.8 Å². The quantitative estimate of drug-likeness (QED) is 0.749. The van der Waals surface area contributed by atoms with E-state index in [1.807, 2.05) is 5.38 Å². The standard InChI is InChI=1S/C19H21FN6O2S/c20-12-3-5-14(6-4-12)26-16(17(21)27)9-15(24-26)18(28)23-19-22-13(11-29-19)10-25-7-1-2-8-25/h3-6,11,16H,1-2,7-10H2,(H2,21,27)(H,22,23,28)/t16-/m1/s1. The molecule has 8 nitrogen and oxygen atoms in total. The maximum Gasteiger partial charge on any atom is 0.273 e. The first-order valence-corrected chi connectivity index (χ1v) is 10.3. The van der Waals surface area contributed by atoms with E-state index in [1.165, 1.54) is 53.5 Å². The third kappa shape index (κ3) is 4.43. The van der Waals surface area contributed by atoms with Crippen LogP contribution in [0.15, 0.2) is 34.7 Å². The van der Waals surface area contributed by atoms with Crippen LogP contribution in [0.1, 0.15) is 25.0 Å². The molecule has 152 valence electrons. The molecule has 10 heteroatoms. The largest absolute Gasteiger partial charge is 0.368 e. The van der Waals surface area contributed by atoms with E-state index in [4.69, 9.17) is 5.73 Å². The summed E-state index contributed by atoms with van der Waals surface area (Å²) in [4.78, 5) is 31.3. The zero-order valence-electron chi connectivity index (χ0n) is 15.7. The fraction of sp³-hybridized carbons (Fsp3) is 0.368. The number of likely N-dealkylation sites (tertiary alicyclic amines) is 1. The van der Waals surface area contributed by atoms with E-state index in [1.54, 1.807) is 0 Å². The number of primary amides is 1. The lowest BCUT2D eigenvalue weighted by atomic mass is 10.1. The fourth-order valence-electron chi connectivity index (χ4n) is 3.48. The maximum absolute atomic E-state index is 13.2. The lowest BCUT2D eigenvalue weighted by Crippen LogP contribution is -2.39. The molecule has 3 heterocycles. The SMILES string of the molecule is NC(=O)[C@H]1CC(C(=O)Nc2nc(CN3CCCC3)cs2)=NN1c1ccc(F)cc1. The summed E-state index contributed by atoms with van der Waals surface area (Å²) in [5, 5.41) is 10.8. The predicted molar refractivity (Wildman–Crippen MR) is 109 cm³/mol. The van der Waals surface area contributed by atoms with Gasteiger partial charge >= 0.3 is 0 Å². The number of hydrogen-bond donors (Lipinski definition) is 2. The van der Waals surface area contributed by atoms with Crippen LogP contribution in [0, 0.1) is 5.82 Å². The van der Waals surface area contributed by atoms with Crippen molar-refractivity contribution < 1.29 is 14.0 Å². The van der Waals surface area contributed by atoms with Gasteiger partial charge in [0.25, 0.3) is 5.91 Å². The molecule has 0 bridgehead atoms. The molecule has 1 aromatic heterocycles. The van der Waals surface area contributed by atoms with Crippen LogP contribution in [0.3, 0.4) is 0 Å². The Morgan fingerprint density at radius 1 is 1.24 bits per heavy atom. The number of hydrazone groups is 1. The van der Waals surface area contributed by atoms with Crippen LogP contribution >= 0.6 is 11.3 Å². The Kier molecular flexibility index (Phi) is 5.54. The van der Waals surface area contributed by atoms with Crippen molar-refractivity contribution in [3.63, 3.8) is 0 Å². The van der Waals surface area contributed by atoms with Gasteiger partial charge in [-0.15, -0.1) is 11.3 Å². The summed E-state index contributed by atoms with van der Waals surface area (Å²) in [6.45, 7) is 2.92. The van der Waals surface area contributed by atoms with Crippen LogP contribution < -0.4 is 16.1 Å². The van der Waals surface area contributed by atoms with Crippen molar-refractivity contribution in [3.8, 4) is 0 Å². The molecule has 2 aromatic rings. The molecule has 0 unspecified atom stereocenters. The monoisotopic (exact) mass is 416 g/mol. The maximum atomic E-state index is 13.2. The lowest BCUT2D eigenvalue weighted by molar-refractivity contribution is -0.119. The van der Waals surface area contributed by atoms with Crippen LogP contribution in [-0.2, 0) is 16.1 Å². The van der Waals surface area contributed by atoms with Gasteiger partial charge in [0.1, 0.15) is 17.6 Å². The van der Waals surface area contributed by atoms with E-state index >= 15 is 0 Å². The number of aromatic nitrogens is 1. The van der Waals surface area contributed by atoms with Gasteiger partial charge in [0.05, 0.1) is 11.4 Å². The summed E-state index contributed by atoms with van der Waals surface area (Å²) in [7, 11) is 0. The molecule has 1 aromatic carbocycles. The summed E-state index contributed by atoms with van der Waals surface area (Å²) in [5.41, 5.74) is 7.06. The molecule has 1 saturated heterocycles. The highest BCUT2D eigenvalue weighted by Crippen LogP contribution is 2.26. The molecule has 1 fully saturated rings. The third-order valence-electron chi connectivity index (χ3n) is 4.95. The number of benzene rings is 1. The molecule has 2 aliphatic rings. The van der Waals surface area contributed by atoms with E-state index in [9.17, 15) is 14.0 Å². The number of nitrogens with zero attached hydrogens (tertiary/aromatic N) is 4. The van der Waals surface area contributed by atoms with Gasteiger partial charge in [0.2, 0.25) is 5.91 Å². The summed E-state index contributed by atoms with van der Waals surface area (Å²) in [5.74, 6) is -1.44. The molecule has 2 amide bonds. The first kappa shape index (κ1) is 19.5. The van der Waals surface area contributed by atoms with Crippen molar-refractivity contribution in [2.45, 2.75) is 31.8 Å². The first-order chi connectivity index (χ1) is 14.0. The lowest BCUT2D eigenvalue weighted by Gasteiger charge is -2.20. The van der Waals surface area contributed by atoms with E-state index in [0.717, 1.165) is 25.3 Å². The normalized spacial score (nSPS) is 19.4. The predicted octanol–water partition coefficient (Wildman–Crippen LogP) is 1.94. The molecular formula is C19H21FN6O2S. The first-order valence-electron chi connectivity index (χ1n) is 9.39. The van der Waals surface area contributed by atoms with E-state index in [-0.39, 0.29) is 12.1 Å². The van der Waals surface area contributed by atoms with Crippen LogP contribution in [0.5, 0.6) is 0 Å². The molecule has 0 saturated carbocycles. The number of hydrogen-bond acceptors (Lipinski definition) is 7. The molecule has 0 radical (unpaired) electrons. The Morgan fingerprint density at radius 3 is 2.66 bits per heavy atom. The van der Waals surface area contributed by atoms with Gasteiger partial charge in [-0.05, 0) is 50.2 Å². The number of anilines is 2. The minimum Gasteiger partial charge on any atom is -0.368 e. The second kappa shape index (κ2) is 8.26. The molecule has 2 aliphatic heterocycles. The Bertz CT molecular complexity index is 938. The molecule has 0 spiro atoms. The minimum absolute atomic E-state index is 0.0740. The number of halogens is 1. The summed E-state index contributed by atoms with van der Waals surface area (Å²) in [6.07, 6.45) is 2.49.